The fourth-order valence-corrected chi connectivity index (χ4v) is 3.48. The maximum absolute atomic E-state index is 12.2. The van der Waals surface area contributed by atoms with E-state index in [-0.39, 0.29) is 12.5 Å². The average molecular weight is 358 g/mol. The minimum atomic E-state index is -0.0515. The molecule has 1 amide bonds. The number of furan rings is 1. The van der Waals surface area contributed by atoms with Crippen molar-refractivity contribution in [2.45, 2.75) is 19.9 Å². The number of thiazole rings is 1. The van der Waals surface area contributed by atoms with E-state index in [9.17, 15) is 4.79 Å². The van der Waals surface area contributed by atoms with Crippen molar-refractivity contribution in [3.05, 3.63) is 63.3 Å². The Kier molecular flexibility index (Phi) is 5.27. The average Bonchev–Trinajstić information content (AvgIpc) is 3.20. The van der Waals surface area contributed by atoms with Gasteiger partial charge in [-0.1, -0.05) is 29.8 Å². The van der Waals surface area contributed by atoms with Crippen molar-refractivity contribution >= 4 is 29.5 Å². The van der Waals surface area contributed by atoms with Gasteiger partial charge in [0.15, 0.2) is 3.95 Å². The summed E-state index contributed by atoms with van der Waals surface area (Å²) in [6.07, 6.45) is 2.31. The SMILES string of the molecule is Cc1ccc(-c2csc(=S)n2CC(=O)NCCc2ccco2)cc1. The third-order valence-corrected chi connectivity index (χ3v) is 4.98. The van der Waals surface area contributed by atoms with Gasteiger partial charge in [-0.05, 0) is 36.8 Å². The summed E-state index contributed by atoms with van der Waals surface area (Å²) in [5.74, 6) is 0.812. The second kappa shape index (κ2) is 7.59. The number of rotatable bonds is 6. The summed E-state index contributed by atoms with van der Waals surface area (Å²) >= 11 is 6.86. The zero-order valence-electron chi connectivity index (χ0n) is 13.3. The number of hydrogen-bond donors (Lipinski definition) is 1. The number of nitrogens with zero attached hydrogens (tertiary/aromatic N) is 1. The van der Waals surface area contributed by atoms with Gasteiger partial charge >= 0.3 is 0 Å². The predicted octanol–water partition coefficient (Wildman–Crippen LogP) is 4.21. The minimum Gasteiger partial charge on any atom is -0.469 e. The van der Waals surface area contributed by atoms with E-state index in [1.165, 1.54) is 16.9 Å². The first-order valence-corrected chi connectivity index (χ1v) is 8.97. The van der Waals surface area contributed by atoms with Crippen LogP contribution >= 0.6 is 23.6 Å². The first-order valence-electron chi connectivity index (χ1n) is 7.68. The highest BCUT2D eigenvalue weighted by atomic mass is 32.1. The molecule has 0 aliphatic carbocycles. The fourth-order valence-electron chi connectivity index (χ4n) is 2.41. The molecule has 3 rings (SSSR count). The molecule has 0 radical (unpaired) electrons. The van der Waals surface area contributed by atoms with Crippen LogP contribution in [-0.2, 0) is 17.8 Å². The summed E-state index contributed by atoms with van der Waals surface area (Å²) in [6, 6.07) is 12.0. The van der Waals surface area contributed by atoms with Gasteiger partial charge in [0.2, 0.25) is 5.91 Å². The Morgan fingerprint density at radius 3 is 2.79 bits per heavy atom. The quantitative estimate of drug-likeness (QED) is 0.672. The van der Waals surface area contributed by atoms with Gasteiger partial charge < -0.3 is 14.3 Å². The minimum absolute atomic E-state index is 0.0515. The zero-order valence-corrected chi connectivity index (χ0v) is 15.0. The summed E-state index contributed by atoms with van der Waals surface area (Å²) in [5, 5.41) is 4.92. The van der Waals surface area contributed by atoms with Crippen LogP contribution in [0.5, 0.6) is 0 Å². The van der Waals surface area contributed by atoms with Crippen molar-refractivity contribution in [1.82, 2.24) is 9.88 Å². The molecule has 24 heavy (non-hydrogen) atoms. The van der Waals surface area contributed by atoms with Gasteiger partial charge in [0, 0.05) is 18.3 Å². The number of carbonyl (C=O) groups is 1. The van der Waals surface area contributed by atoms with Crippen LogP contribution in [0.15, 0.2) is 52.5 Å². The monoisotopic (exact) mass is 358 g/mol. The molecule has 0 bridgehead atoms. The van der Waals surface area contributed by atoms with Gasteiger partial charge in [-0.2, -0.15) is 0 Å². The first-order chi connectivity index (χ1) is 11.6. The molecule has 0 atom stereocenters. The van der Waals surface area contributed by atoms with Crippen LogP contribution in [0.4, 0.5) is 0 Å². The number of benzene rings is 1. The van der Waals surface area contributed by atoms with Crippen molar-refractivity contribution in [3.8, 4) is 11.3 Å². The van der Waals surface area contributed by atoms with Crippen molar-refractivity contribution in [2.24, 2.45) is 0 Å². The number of aryl methyl sites for hydroxylation is 1. The molecule has 0 saturated heterocycles. The van der Waals surface area contributed by atoms with Gasteiger partial charge in [0.1, 0.15) is 12.3 Å². The Balaban J connectivity index is 1.66. The van der Waals surface area contributed by atoms with Crippen LogP contribution in [0.25, 0.3) is 11.3 Å². The van der Waals surface area contributed by atoms with Crippen LogP contribution in [0.3, 0.4) is 0 Å². The molecule has 0 aliphatic rings. The largest absolute Gasteiger partial charge is 0.469 e. The molecule has 0 aliphatic heterocycles. The molecule has 2 heterocycles. The molecule has 0 spiro atoms. The van der Waals surface area contributed by atoms with E-state index < -0.39 is 0 Å². The summed E-state index contributed by atoms with van der Waals surface area (Å²) in [4.78, 5) is 12.2. The standard InChI is InChI=1S/C18H18N2O2S2/c1-13-4-6-14(7-5-13)16-12-24-18(23)20(16)11-17(21)19-9-8-15-3-2-10-22-15/h2-7,10,12H,8-9,11H2,1H3,(H,19,21). The Hall–Kier alpha value is -2.18. The molecule has 3 aromatic rings. The zero-order chi connectivity index (χ0) is 16.9. The molecule has 2 aromatic heterocycles. The lowest BCUT2D eigenvalue weighted by Gasteiger charge is -2.09. The molecule has 1 aromatic carbocycles. The molecular weight excluding hydrogens is 340 g/mol. The summed E-state index contributed by atoms with van der Waals surface area (Å²) in [5.41, 5.74) is 3.25. The summed E-state index contributed by atoms with van der Waals surface area (Å²) < 4.78 is 7.84. The molecule has 0 unspecified atom stereocenters. The van der Waals surface area contributed by atoms with Crippen LogP contribution in [0, 0.1) is 10.9 Å². The van der Waals surface area contributed by atoms with Crippen molar-refractivity contribution in [2.75, 3.05) is 6.54 Å². The fraction of sp³-hybridized carbons (Fsp3) is 0.222. The second-order valence-corrected chi connectivity index (χ2v) is 7.02. The molecular formula is C18H18N2O2S2. The molecule has 6 heteroatoms. The predicted molar refractivity (Wildman–Crippen MR) is 98.7 cm³/mol. The maximum Gasteiger partial charge on any atom is 0.240 e. The highest BCUT2D eigenvalue weighted by Crippen LogP contribution is 2.24. The topological polar surface area (TPSA) is 47.2 Å². The number of carbonyl (C=O) groups excluding carboxylic acids is 1. The number of hydrogen-bond acceptors (Lipinski definition) is 4. The molecule has 4 nitrogen and oxygen atoms in total. The van der Waals surface area contributed by atoms with Gasteiger partial charge in [0.05, 0.1) is 12.0 Å². The lowest BCUT2D eigenvalue weighted by molar-refractivity contribution is -0.121. The van der Waals surface area contributed by atoms with Gasteiger partial charge in [0.25, 0.3) is 0 Å². The van der Waals surface area contributed by atoms with Crippen LogP contribution in [-0.4, -0.2) is 17.0 Å². The van der Waals surface area contributed by atoms with Crippen LogP contribution in [0.1, 0.15) is 11.3 Å². The highest BCUT2D eigenvalue weighted by Gasteiger charge is 2.11. The van der Waals surface area contributed by atoms with E-state index in [1.807, 2.05) is 22.1 Å². The van der Waals surface area contributed by atoms with Gasteiger partial charge in [-0.15, -0.1) is 11.3 Å². The Labute approximate surface area is 149 Å². The van der Waals surface area contributed by atoms with E-state index in [0.717, 1.165) is 17.0 Å². The molecule has 0 saturated carbocycles. The molecule has 0 fully saturated rings. The third kappa shape index (κ3) is 4.01. The normalized spacial score (nSPS) is 10.7. The lowest BCUT2D eigenvalue weighted by Crippen LogP contribution is -2.29. The van der Waals surface area contributed by atoms with E-state index in [1.54, 1.807) is 6.26 Å². The number of nitrogens with one attached hydrogen (secondary N) is 1. The smallest absolute Gasteiger partial charge is 0.240 e. The van der Waals surface area contributed by atoms with Crippen molar-refractivity contribution < 1.29 is 9.21 Å². The second-order valence-electron chi connectivity index (χ2n) is 5.52. The number of amides is 1. The van der Waals surface area contributed by atoms with E-state index in [4.69, 9.17) is 16.6 Å². The Morgan fingerprint density at radius 1 is 1.29 bits per heavy atom. The summed E-state index contributed by atoms with van der Waals surface area (Å²) in [7, 11) is 0. The van der Waals surface area contributed by atoms with Crippen LogP contribution in [0.2, 0.25) is 0 Å². The molecule has 124 valence electrons. The van der Waals surface area contributed by atoms with Crippen LogP contribution < -0.4 is 5.32 Å². The van der Waals surface area contributed by atoms with E-state index in [0.29, 0.717) is 16.9 Å². The Morgan fingerprint density at radius 2 is 2.08 bits per heavy atom. The number of aromatic nitrogens is 1. The van der Waals surface area contributed by atoms with E-state index >= 15 is 0 Å². The van der Waals surface area contributed by atoms with E-state index in [2.05, 4.69) is 36.5 Å². The lowest BCUT2D eigenvalue weighted by atomic mass is 10.1. The summed E-state index contributed by atoms with van der Waals surface area (Å²) in [6.45, 7) is 2.82. The van der Waals surface area contributed by atoms with Gasteiger partial charge in [-0.25, -0.2) is 0 Å². The van der Waals surface area contributed by atoms with Crippen molar-refractivity contribution in [1.29, 1.82) is 0 Å². The first kappa shape index (κ1) is 16.7. The highest BCUT2D eigenvalue weighted by molar-refractivity contribution is 7.73. The molecule has 1 N–H and O–H groups in total. The maximum atomic E-state index is 12.2. The Bertz CT molecular complexity index is 861. The van der Waals surface area contributed by atoms with Crippen molar-refractivity contribution in [3.63, 3.8) is 0 Å². The van der Waals surface area contributed by atoms with Gasteiger partial charge in [-0.3, -0.25) is 4.79 Å². The third-order valence-electron chi connectivity index (χ3n) is 3.71.